The molecule has 0 aliphatic carbocycles. The molecule has 2 heterocycles. The quantitative estimate of drug-likeness (QED) is 0.735. The number of nitrogens with zero attached hydrogens (tertiary/aromatic N) is 2. The number of pyridine rings is 2. The maximum absolute atomic E-state index is 12.7. The molecule has 0 fully saturated rings. The second-order valence-electron chi connectivity index (χ2n) is 5.14. The Morgan fingerprint density at radius 1 is 0.875 bits per heavy atom. The minimum Gasteiger partial charge on any atom is -0.348 e. The Hall–Kier alpha value is -3.05. The minimum absolute atomic E-state index is 0.270. The molecule has 24 heavy (non-hydrogen) atoms. The maximum atomic E-state index is 12.7. The number of carbonyl (C=O) groups is 1. The Bertz CT molecular complexity index is 753. The Balaban J connectivity index is 2.07. The van der Waals surface area contributed by atoms with E-state index in [0.717, 1.165) is 0 Å². The zero-order valence-electron chi connectivity index (χ0n) is 13.2. The van der Waals surface area contributed by atoms with Gasteiger partial charge in [0.05, 0.1) is 11.4 Å². The number of carbonyl (C=O) groups excluding carboxylic acids is 1. The first kappa shape index (κ1) is 15.8. The fourth-order valence-corrected chi connectivity index (χ4v) is 2.48. The number of hydrogen-bond acceptors (Lipinski definition) is 4. The van der Waals surface area contributed by atoms with Crippen LogP contribution in [0.3, 0.4) is 0 Å². The average Bonchev–Trinajstić information content (AvgIpc) is 2.68. The van der Waals surface area contributed by atoms with Gasteiger partial charge < -0.3 is 10.1 Å². The number of amides is 1. The van der Waals surface area contributed by atoms with E-state index >= 15 is 0 Å². The van der Waals surface area contributed by atoms with Gasteiger partial charge in [0.25, 0.3) is 5.91 Å². The second kappa shape index (κ2) is 7.02. The molecule has 0 aliphatic rings. The number of benzene rings is 1. The van der Waals surface area contributed by atoms with Crippen LogP contribution in [0.1, 0.15) is 21.7 Å². The van der Waals surface area contributed by atoms with Crippen molar-refractivity contribution in [2.24, 2.45) is 0 Å². The molecule has 0 bridgehead atoms. The van der Waals surface area contributed by atoms with E-state index in [4.69, 9.17) is 4.74 Å². The number of aromatic nitrogens is 2. The van der Waals surface area contributed by atoms with E-state index in [1.807, 2.05) is 30.3 Å². The molecule has 0 unspecified atom stereocenters. The summed E-state index contributed by atoms with van der Waals surface area (Å²) >= 11 is 0. The van der Waals surface area contributed by atoms with E-state index in [1.54, 1.807) is 48.8 Å². The van der Waals surface area contributed by atoms with Crippen LogP contribution in [0.25, 0.3) is 0 Å². The van der Waals surface area contributed by atoms with Crippen LogP contribution in [0.4, 0.5) is 0 Å². The highest BCUT2D eigenvalue weighted by Gasteiger charge is 2.39. The van der Waals surface area contributed by atoms with Crippen molar-refractivity contribution < 1.29 is 9.53 Å². The summed E-state index contributed by atoms with van der Waals surface area (Å²) in [6.45, 7) is 0. The molecule has 0 spiro atoms. The predicted molar refractivity (Wildman–Crippen MR) is 90.2 cm³/mol. The van der Waals surface area contributed by atoms with E-state index in [2.05, 4.69) is 15.3 Å². The summed E-state index contributed by atoms with van der Waals surface area (Å²) < 4.78 is 5.75. The monoisotopic (exact) mass is 319 g/mol. The third kappa shape index (κ3) is 3.02. The molecule has 1 aromatic carbocycles. The van der Waals surface area contributed by atoms with Gasteiger partial charge in [-0.3, -0.25) is 14.8 Å². The van der Waals surface area contributed by atoms with Crippen molar-refractivity contribution in [2.75, 3.05) is 7.11 Å². The Morgan fingerprint density at radius 3 is 1.88 bits per heavy atom. The predicted octanol–water partition coefficient (Wildman–Crippen LogP) is 2.75. The smallest absolute Gasteiger partial charge is 0.254 e. The number of ether oxygens (including phenoxy) is 1. The highest BCUT2D eigenvalue weighted by atomic mass is 16.5. The molecule has 3 rings (SSSR count). The zero-order valence-corrected chi connectivity index (χ0v) is 13.2. The van der Waals surface area contributed by atoms with E-state index in [1.165, 1.54) is 7.11 Å². The van der Waals surface area contributed by atoms with Crippen molar-refractivity contribution in [3.63, 3.8) is 0 Å². The van der Waals surface area contributed by atoms with Gasteiger partial charge in [0, 0.05) is 25.1 Å². The minimum atomic E-state index is -1.27. The number of methoxy groups -OCH3 is 1. The van der Waals surface area contributed by atoms with Crippen LogP contribution in [-0.4, -0.2) is 23.0 Å². The third-order valence-electron chi connectivity index (χ3n) is 3.68. The van der Waals surface area contributed by atoms with Crippen molar-refractivity contribution in [1.29, 1.82) is 0 Å². The molecule has 0 aliphatic heterocycles. The van der Waals surface area contributed by atoms with Crippen LogP contribution in [0.15, 0.2) is 79.1 Å². The molecule has 5 heteroatoms. The molecule has 120 valence electrons. The van der Waals surface area contributed by atoms with Crippen molar-refractivity contribution in [1.82, 2.24) is 15.3 Å². The van der Waals surface area contributed by atoms with E-state index in [-0.39, 0.29) is 5.91 Å². The summed E-state index contributed by atoms with van der Waals surface area (Å²) in [6, 6.07) is 19.9. The van der Waals surface area contributed by atoms with E-state index in [0.29, 0.717) is 17.0 Å². The van der Waals surface area contributed by atoms with Gasteiger partial charge in [-0.1, -0.05) is 30.3 Å². The first-order valence-corrected chi connectivity index (χ1v) is 7.52. The summed E-state index contributed by atoms with van der Waals surface area (Å²) in [7, 11) is 1.52. The van der Waals surface area contributed by atoms with Gasteiger partial charge in [-0.2, -0.15) is 0 Å². The van der Waals surface area contributed by atoms with Gasteiger partial charge in [0.1, 0.15) is 0 Å². The molecule has 0 atom stereocenters. The lowest BCUT2D eigenvalue weighted by Crippen LogP contribution is -2.49. The molecule has 0 radical (unpaired) electrons. The fourth-order valence-electron chi connectivity index (χ4n) is 2.48. The van der Waals surface area contributed by atoms with Crippen LogP contribution in [0.2, 0.25) is 0 Å². The topological polar surface area (TPSA) is 64.1 Å². The summed E-state index contributed by atoms with van der Waals surface area (Å²) in [5, 5.41) is 2.94. The van der Waals surface area contributed by atoms with Crippen molar-refractivity contribution in [3.8, 4) is 0 Å². The van der Waals surface area contributed by atoms with Gasteiger partial charge in [-0.15, -0.1) is 0 Å². The summed E-state index contributed by atoms with van der Waals surface area (Å²) in [4.78, 5) is 21.5. The molecule has 0 saturated carbocycles. The highest BCUT2D eigenvalue weighted by Crippen LogP contribution is 2.28. The molecule has 3 aromatic rings. The lowest BCUT2D eigenvalue weighted by Gasteiger charge is -2.32. The molecule has 1 N–H and O–H groups in total. The highest BCUT2D eigenvalue weighted by molar-refractivity contribution is 5.94. The Morgan fingerprint density at radius 2 is 1.42 bits per heavy atom. The molecular formula is C19H17N3O2. The molecule has 1 amide bonds. The maximum Gasteiger partial charge on any atom is 0.254 e. The number of nitrogens with one attached hydrogen (secondary N) is 1. The van der Waals surface area contributed by atoms with Crippen molar-refractivity contribution in [3.05, 3.63) is 96.1 Å². The van der Waals surface area contributed by atoms with Gasteiger partial charge in [0.2, 0.25) is 5.72 Å². The van der Waals surface area contributed by atoms with E-state index < -0.39 is 5.72 Å². The van der Waals surface area contributed by atoms with E-state index in [9.17, 15) is 4.79 Å². The van der Waals surface area contributed by atoms with Gasteiger partial charge in [-0.25, -0.2) is 0 Å². The lowest BCUT2D eigenvalue weighted by molar-refractivity contribution is -0.0114. The molecule has 2 aromatic heterocycles. The Kier molecular flexibility index (Phi) is 4.63. The fraction of sp³-hybridized carbons (Fsp3) is 0.105. The lowest BCUT2D eigenvalue weighted by atomic mass is 10.0. The van der Waals surface area contributed by atoms with Gasteiger partial charge in [0.15, 0.2) is 0 Å². The van der Waals surface area contributed by atoms with Gasteiger partial charge in [-0.05, 0) is 36.4 Å². The molecule has 0 saturated heterocycles. The first-order chi connectivity index (χ1) is 11.8. The van der Waals surface area contributed by atoms with Crippen molar-refractivity contribution in [2.45, 2.75) is 5.72 Å². The van der Waals surface area contributed by atoms with Crippen LogP contribution in [-0.2, 0) is 10.5 Å². The summed E-state index contributed by atoms with van der Waals surface area (Å²) in [5.74, 6) is -0.270. The normalized spacial score (nSPS) is 11.0. The summed E-state index contributed by atoms with van der Waals surface area (Å²) in [6.07, 6.45) is 3.31. The molecule has 5 nitrogen and oxygen atoms in total. The van der Waals surface area contributed by atoms with Crippen LogP contribution in [0, 0.1) is 0 Å². The largest absolute Gasteiger partial charge is 0.348 e. The van der Waals surface area contributed by atoms with Crippen LogP contribution < -0.4 is 5.32 Å². The number of rotatable bonds is 5. The SMILES string of the molecule is COC(NC(=O)c1ccccc1)(c1ccccn1)c1ccccn1. The first-order valence-electron chi connectivity index (χ1n) is 7.52. The third-order valence-corrected chi connectivity index (χ3v) is 3.68. The second-order valence-corrected chi connectivity index (χ2v) is 5.14. The average molecular weight is 319 g/mol. The van der Waals surface area contributed by atoms with Crippen LogP contribution >= 0.6 is 0 Å². The van der Waals surface area contributed by atoms with Gasteiger partial charge >= 0.3 is 0 Å². The zero-order chi connectivity index (χ0) is 16.8. The van der Waals surface area contributed by atoms with Crippen molar-refractivity contribution >= 4 is 5.91 Å². The number of hydrogen-bond donors (Lipinski definition) is 1. The molecular weight excluding hydrogens is 302 g/mol. The summed E-state index contributed by atoms with van der Waals surface area (Å²) in [5.41, 5.74) is 0.367. The Labute approximate surface area is 140 Å². The van der Waals surface area contributed by atoms with Crippen LogP contribution in [0.5, 0.6) is 0 Å². The standard InChI is InChI=1S/C19H17N3O2/c1-24-19(16-11-5-7-13-20-16,17-12-6-8-14-21-17)22-18(23)15-9-3-2-4-10-15/h2-14H,1H3,(H,22,23).